The molecule has 0 fully saturated rings. The molecule has 9 nitrogen and oxygen atoms in total. The van der Waals surface area contributed by atoms with Crippen molar-refractivity contribution in [1.82, 2.24) is 10.1 Å². The van der Waals surface area contributed by atoms with Crippen LogP contribution in [0.25, 0.3) is 0 Å². The van der Waals surface area contributed by atoms with Crippen LogP contribution in [0.1, 0.15) is 24.0 Å². The fourth-order valence-corrected chi connectivity index (χ4v) is 5.08. The first-order valence-electron chi connectivity index (χ1n) is 9.83. The molecule has 2 aromatic carbocycles. The Balaban J connectivity index is 2.07. The molecule has 1 heterocycles. The van der Waals surface area contributed by atoms with Crippen molar-refractivity contribution in [3.05, 3.63) is 71.3 Å². The molecule has 0 spiro atoms. The third kappa shape index (κ3) is 5.98. The molecule has 14 heteroatoms. The molecule has 2 amide bonds. The first-order chi connectivity index (χ1) is 16.1. The largest absolute Gasteiger partial charge is 0.469 e. The van der Waals surface area contributed by atoms with Crippen LogP contribution in [0.5, 0.6) is 0 Å². The van der Waals surface area contributed by atoms with Crippen molar-refractivity contribution in [2.24, 2.45) is 5.10 Å². The van der Waals surface area contributed by atoms with Gasteiger partial charge in [-0.3, -0.25) is 4.52 Å². The number of rotatable bonds is 9. The summed E-state index contributed by atoms with van der Waals surface area (Å²) < 4.78 is 56.8. The molecule has 0 bridgehead atoms. The zero-order chi connectivity index (χ0) is 24.9. The molecule has 0 saturated carbocycles. The van der Waals surface area contributed by atoms with Crippen molar-refractivity contribution >= 4 is 30.7 Å². The molecule has 34 heavy (non-hydrogen) atoms. The van der Waals surface area contributed by atoms with E-state index in [1.807, 2.05) is 0 Å². The van der Waals surface area contributed by atoms with Crippen LogP contribution in [-0.4, -0.2) is 51.4 Å². The van der Waals surface area contributed by atoms with E-state index < -0.39 is 37.2 Å². The van der Waals surface area contributed by atoms with Crippen LogP contribution >= 0.6 is 19.6 Å². The lowest BCUT2D eigenvalue weighted by Crippen LogP contribution is -2.47. The van der Waals surface area contributed by atoms with Crippen molar-refractivity contribution in [3.63, 3.8) is 0 Å². The molecular weight excluding hydrogens is 498 g/mol. The molecule has 1 unspecified atom stereocenters. The second-order valence-electron chi connectivity index (χ2n) is 7.04. The maximum atomic E-state index is 14.6. The topological polar surface area (TPSA) is 112 Å². The van der Waals surface area contributed by atoms with E-state index in [1.165, 1.54) is 0 Å². The first kappa shape index (κ1) is 26.2. The highest BCUT2D eigenvalue weighted by atomic mass is 32.2. The number of carbonyl (C=O) groups excluding carboxylic acids is 1. The minimum absolute atomic E-state index is 0.0286. The van der Waals surface area contributed by atoms with Gasteiger partial charge in [-0.05, 0) is 36.6 Å². The normalized spacial score (nSPS) is 18.2. The number of hydroxylamine groups is 2. The van der Waals surface area contributed by atoms with Crippen molar-refractivity contribution in [2.75, 3.05) is 20.5 Å². The van der Waals surface area contributed by atoms with E-state index >= 15 is 0 Å². The highest BCUT2D eigenvalue weighted by molar-refractivity contribution is 8.15. The van der Waals surface area contributed by atoms with E-state index in [2.05, 4.69) is 14.5 Å². The lowest BCUT2D eigenvalue weighted by molar-refractivity contribution is -0.143. The molecule has 3 rings (SSSR count). The number of hydrogen-bond donors (Lipinski definition) is 2. The fourth-order valence-electron chi connectivity index (χ4n) is 3.30. The standard InChI is InChI=1S/C20H21F3N3O6PS/c1-25(31-13-21)19(27)26-20(14-6-3-2-4-7-14,10-5-11-32-33(28,29)30)34-18(24-26)16-12-15(22)8-9-17(16)23/h2-4,6-9,12H,5,10-11,13H2,1H3,(H2,28,29,30). The average Bonchev–Trinajstić information content (AvgIpc) is 3.18. The van der Waals surface area contributed by atoms with Crippen LogP contribution in [0.2, 0.25) is 0 Å². The second-order valence-corrected chi connectivity index (χ2v) is 9.54. The predicted molar refractivity (Wildman–Crippen MR) is 118 cm³/mol. The third-order valence-corrected chi connectivity index (χ3v) is 6.76. The maximum Gasteiger partial charge on any atom is 0.469 e. The van der Waals surface area contributed by atoms with E-state index in [4.69, 9.17) is 9.79 Å². The van der Waals surface area contributed by atoms with Crippen molar-refractivity contribution in [2.45, 2.75) is 17.7 Å². The van der Waals surface area contributed by atoms with Gasteiger partial charge in [0.25, 0.3) is 0 Å². The molecule has 2 aromatic rings. The third-order valence-electron chi connectivity index (χ3n) is 4.79. The van der Waals surface area contributed by atoms with Crippen LogP contribution < -0.4 is 0 Å². The van der Waals surface area contributed by atoms with Crippen LogP contribution in [0.15, 0.2) is 53.6 Å². The summed E-state index contributed by atoms with van der Waals surface area (Å²) in [6.07, 6.45) is 0.0692. The molecule has 0 radical (unpaired) electrons. The number of carbonyl (C=O) groups is 1. The number of benzene rings is 2. The van der Waals surface area contributed by atoms with Gasteiger partial charge in [-0.25, -0.2) is 32.4 Å². The first-order valence-corrected chi connectivity index (χ1v) is 12.2. The van der Waals surface area contributed by atoms with Gasteiger partial charge in [0.15, 0.2) is 0 Å². The molecule has 2 N–H and O–H groups in total. The summed E-state index contributed by atoms with van der Waals surface area (Å²) in [6.45, 7) is -1.66. The summed E-state index contributed by atoms with van der Waals surface area (Å²) in [6, 6.07) is 10.3. The van der Waals surface area contributed by atoms with Gasteiger partial charge in [-0.2, -0.15) is 10.1 Å². The minimum Gasteiger partial charge on any atom is -0.303 e. The number of phosphoric acid groups is 1. The Morgan fingerprint density at radius 3 is 2.59 bits per heavy atom. The van der Waals surface area contributed by atoms with Gasteiger partial charge < -0.3 is 9.79 Å². The smallest absolute Gasteiger partial charge is 0.303 e. The average molecular weight is 519 g/mol. The number of nitrogens with zero attached hydrogens (tertiary/aromatic N) is 3. The highest BCUT2D eigenvalue weighted by Crippen LogP contribution is 2.51. The number of halogens is 3. The minimum atomic E-state index is -4.73. The summed E-state index contributed by atoms with van der Waals surface area (Å²) in [7, 11) is -3.57. The van der Waals surface area contributed by atoms with Crippen LogP contribution in [0.3, 0.4) is 0 Å². The van der Waals surface area contributed by atoms with Gasteiger partial charge in [0, 0.05) is 12.6 Å². The van der Waals surface area contributed by atoms with Crippen LogP contribution in [-0.2, 0) is 18.8 Å². The Hall–Kier alpha value is -2.41. The molecule has 184 valence electrons. The number of amides is 2. The van der Waals surface area contributed by atoms with Gasteiger partial charge >= 0.3 is 13.9 Å². The van der Waals surface area contributed by atoms with E-state index in [0.29, 0.717) is 10.6 Å². The Morgan fingerprint density at radius 1 is 1.24 bits per heavy atom. The Labute approximate surface area is 197 Å². The zero-order valence-corrected chi connectivity index (χ0v) is 19.5. The summed E-state index contributed by atoms with van der Waals surface area (Å²) in [5.74, 6) is -1.50. The van der Waals surface area contributed by atoms with Crippen molar-refractivity contribution in [3.8, 4) is 0 Å². The molecule has 0 saturated heterocycles. The molecule has 1 aliphatic heterocycles. The van der Waals surface area contributed by atoms with E-state index in [-0.39, 0.29) is 30.1 Å². The number of phosphoric ester groups is 1. The summed E-state index contributed by atoms with van der Waals surface area (Å²) in [5.41, 5.74) is 0.329. The predicted octanol–water partition coefficient (Wildman–Crippen LogP) is 4.33. The number of hydrogen-bond acceptors (Lipinski definition) is 6. The van der Waals surface area contributed by atoms with Gasteiger partial charge in [0.05, 0.1) is 6.61 Å². The Bertz CT molecular complexity index is 1110. The van der Waals surface area contributed by atoms with Crippen LogP contribution in [0, 0.1) is 11.6 Å². The molecule has 1 aliphatic rings. The number of alkyl halides is 1. The van der Waals surface area contributed by atoms with Gasteiger partial charge in [-0.15, -0.1) is 0 Å². The quantitative estimate of drug-likeness (QED) is 0.288. The van der Waals surface area contributed by atoms with E-state index in [0.717, 1.165) is 42.0 Å². The van der Waals surface area contributed by atoms with Crippen molar-refractivity contribution < 1.29 is 41.7 Å². The molecule has 1 atom stereocenters. The molecule has 0 aromatic heterocycles. The number of hydrazone groups is 1. The zero-order valence-electron chi connectivity index (χ0n) is 17.8. The lowest BCUT2D eigenvalue weighted by Gasteiger charge is -2.37. The monoisotopic (exact) mass is 519 g/mol. The summed E-state index contributed by atoms with van der Waals surface area (Å²) in [5, 5.41) is 5.78. The van der Waals surface area contributed by atoms with Gasteiger partial charge in [-0.1, -0.05) is 42.1 Å². The SMILES string of the molecule is CN(OCF)C(=O)N1N=C(c2cc(F)ccc2F)SC1(CCCOP(=O)(O)O)c1ccccc1. The maximum absolute atomic E-state index is 14.6. The van der Waals surface area contributed by atoms with Gasteiger partial charge in [0.1, 0.15) is 21.5 Å². The molecular formula is C20H21F3N3O6PS. The van der Waals surface area contributed by atoms with Crippen LogP contribution in [0.4, 0.5) is 18.0 Å². The molecule has 0 aliphatic carbocycles. The Morgan fingerprint density at radius 2 is 1.94 bits per heavy atom. The van der Waals surface area contributed by atoms with Crippen molar-refractivity contribution in [1.29, 1.82) is 0 Å². The Kier molecular flexibility index (Phi) is 8.39. The van der Waals surface area contributed by atoms with Gasteiger partial charge in [0.2, 0.25) is 6.86 Å². The lowest BCUT2D eigenvalue weighted by atomic mass is 10.0. The van der Waals surface area contributed by atoms with E-state index in [1.54, 1.807) is 30.3 Å². The number of thioether (sulfide) groups is 1. The summed E-state index contributed by atoms with van der Waals surface area (Å²) in [4.78, 5) is 34.4. The second kappa shape index (κ2) is 10.9. The fraction of sp³-hybridized carbons (Fsp3) is 0.300. The number of urea groups is 1. The summed E-state index contributed by atoms with van der Waals surface area (Å²) >= 11 is 0.940. The highest BCUT2D eigenvalue weighted by Gasteiger charge is 2.50. The van der Waals surface area contributed by atoms with E-state index in [9.17, 15) is 22.5 Å².